The summed E-state index contributed by atoms with van der Waals surface area (Å²) in [5.74, 6) is 0.0962. The molecule has 2 rings (SSSR count). The van der Waals surface area contributed by atoms with Crippen molar-refractivity contribution in [3.63, 3.8) is 0 Å². The van der Waals surface area contributed by atoms with Crippen molar-refractivity contribution < 1.29 is 47.7 Å². The normalized spacial score (nSPS) is 15.2. The quantitative estimate of drug-likeness (QED) is 0.425. The number of para-hydroxylation sites is 1. The van der Waals surface area contributed by atoms with Gasteiger partial charge in [0.05, 0.1) is 17.0 Å². The first-order valence-electron chi connectivity index (χ1n) is 4.50. The summed E-state index contributed by atoms with van der Waals surface area (Å²) in [7, 11) is 0. The molecule has 8 heteroatoms. The fourth-order valence-corrected chi connectivity index (χ4v) is 1.28. The number of carbonyl (C=O) groups excluding carboxylic acids is 1. The monoisotopic (exact) mass is 266 g/mol. The Morgan fingerprint density at radius 2 is 1.88 bits per heavy atom. The van der Waals surface area contributed by atoms with Gasteiger partial charge in [0.15, 0.2) is 0 Å². The van der Waals surface area contributed by atoms with Gasteiger partial charge in [-0.3, -0.25) is 15.2 Å². The molecule has 1 unspecified atom stereocenters. The number of nitrogens with one attached hydrogen (secondary N) is 1. The fraction of sp³-hybridized carbons (Fsp3) is 0.222. The van der Waals surface area contributed by atoms with E-state index in [0.717, 1.165) is 12.2 Å². The van der Waals surface area contributed by atoms with Gasteiger partial charge in [-0.05, 0) is 12.1 Å². The minimum absolute atomic E-state index is 0. The van der Waals surface area contributed by atoms with E-state index in [1.165, 1.54) is 0 Å². The second-order valence-electron chi connectivity index (χ2n) is 2.99. The van der Waals surface area contributed by atoms with Gasteiger partial charge in [-0.25, -0.2) is 4.21 Å². The van der Waals surface area contributed by atoms with Crippen LogP contribution >= 0.6 is 0 Å². The Labute approximate surface area is 124 Å². The van der Waals surface area contributed by atoms with Crippen molar-refractivity contribution in [1.82, 2.24) is 5.43 Å². The Kier molecular flexibility index (Phi) is 8.40. The maximum absolute atomic E-state index is 10.9. The predicted octanol–water partition coefficient (Wildman–Crippen LogP) is -2.73. The molecule has 1 aliphatic heterocycles. The van der Waals surface area contributed by atoms with Crippen LogP contribution in [0, 0.1) is 0 Å². The van der Waals surface area contributed by atoms with Crippen molar-refractivity contribution in [1.29, 1.82) is 0 Å². The van der Waals surface area contributed by atoms with Crippen LogP contribution in [0.3, 0.4) is 0 Å². The maximum atomic E-state index is 10.9. The molecule has 0 aromatic heterocycles. The van der Waals surface area contributed by atoms with Gasteiger partial charge < -0.3 is 9.11 Å². The Morgan fingerprint density at radius 1 is 1.35 bits per heavy atom. The van der Waals surface area contributed by atoms with Gasteiger partial charge in [-0.2, -0.15) is 0 Å². The smallest absolute Gasteiger partial charge is 0.750 e. The minimum atomic E-state index is -2.86. The molecular formula is C9H11N2NaO4S. The average Bonchev–Trinajstić information content (AvgIpc) is 2.65. The molecule has 1 atom stereocenters. The van der Waals surface area contributed by atoms with Crippen LogP contribution in [0.2, 0.25) is 0 Å². The summed E-state index contributed by atoms with van der Waals surface area (Å²) in [6.45, 7) is 0.767. The third kappa shape index (κ3) is 6.77. The summed E-state index contributed by atoms with van der Waals surface area (Å²) >= 11 is -2.86. The fourth-order valence-electron chi connectivity index (χ4n) is 1.28. The molecular weight excluding hydrogens is 255 g/mol. The molecule has 17 heavy (non-hydrogen) atoms. The average molecular weight is 266 g/mol. The molecule has 1 aromatic rings. The Balaban J connectivity index is 0.000000453. The minimum Gasteiger partial charge on any atom is -0.750 e. The zero-order valence-corrected chi connectivity index (χ0v) is 12.1. The molecule has 0 bridgehead atoms. The molecule has 1 aromatic carbocycles. The van der Waals surface area contributed by atoms with Gasteiger partial charge in [0.2, 0.25) is 5.91 Å². The van der Waals surface area contributed by atoms with E-state index in [4.69, 9.17) is 13.3 Å². The van der Waals surface area contributed by atoms with Crippen LogP contribution < -0.4 is 40.0 Å². The topological polar surface area (TPSA) is 92.7 Å². The first kappa shape index (κ1) is 16.6. The predicted molar refractivity (Wildman–Crippen MR) is 58.1 cm³/mol. The summed E-state index contributed by atoms with van der Waals surface area (Å²) in [5.41, 5.74) is 3.81. The maximum Gasteiger partial charge on any atom is 1.00 e. The van der Waals surface area contributed by atoms with E-state index in [-0.39, 0.29) is 35.5 Å². The number of rotatable bonds is 1. The number of hydrogen-bond donors (Lipinski definition) is 2. The largest absolute Gasteiger partial charge is 1.00 e. The van der Waals surface area contributed by atoms with Crippen LogP contribution in [-0.4, -0.2) is 25.8 Å². The van der Waals surface area contributed by atoms with Crippen molar-refractivity contribution in [3.8, 4) is 0 Å². The van der Waals surface area contributed by atoms with Crippen LogP contribution in [0.15, 0.2) is 30.3 Å². The molecule has 2 N–H and O–H groups in total. The third-order valence-corrected chi connectivity index (χ3v) is 1.89. The van der Waals surface area contributed by atoms with Gasteiger partial charge in [-0.1, -0.05) is 18.2 Å². The van der Waals surface area contributed by atoms with Gasteiger partial charge in [0.1, 0.15) is 0 Å². The first-order valence-corrected chi connectivity index (χ1v) is 5.53. The molecule has 0 aliphatic carbocycles. The number of benzene rings is 1. The number of hydrazine groups is 1. The van der Waals surface area contributed by atoms with Crippen molar-refractivity contribution in [2.24, 2.45) is 0 Å². The number of anilines is 1. The summed E-state index contributed by atoms with van der Waals surface area (Å²) in [5, 5.41) is 1.86. The van der Waals surface area contributed by atoms with Crippen LogP contribution in [0.5, 0.6) is 0 Å². The van der Waals surface area contributed by atoms with E-state index < -0.39 is 11.4 Å². The first-order chi connectivity index (χ1) is 7.59. The van der Waals surface area contributed by atoms with Gasteiger partial charge in [0, 0.05) is 13.0 Å². The van der Waals surface area contributed by atoms with Crippen LogP contribution in [-0.2, 0) is 16.2 Å². The summed E-state index contributed by atoms with van der Waals surface area (Å²) < 4.78 is 24.1. The SMILES string of the molecule is O=C1CCN(c2ccccc2)N1.O=S([O-])O.[Na+]. The van der Waals surface area contributed by atoms with E-state index >= 15 is 0 Å². The van der Waals surface area contributed by atoms with Crippen LogP contribution in [0.25, 0.3) is 0 Å². The molecule has 0 spiro atoms. The van der Waals surface area contributed by atoms with Crippen molar-refractivity contribution in [2.75, 3.05) is 11.6 Å². The van der Waals surface area contributed by atoms with E-state index in [2.05, 4.69) is 5.43 Å². The van der Waals surface area contributed by atoms with Crippen molar-refractivity contribution >= 4 is 23.0 Å². The molecule has 1 saturated heterocycles. The zero-order chi connectivity index (χ0) is 12.0. The van der Waals surface area contributed by atoms with Crippen molar-refractivity contribution in [3.05, 3.63) is 30.3 Å². The van der Waals surface area contributed by atoms with Gasteiger partial charge in [0.25, 0.3) is 0 Å². The summed E-state index contributed by atoms with van der Waals surface area (Å²) in [4.78, 5) is 10.9. The standard InChI is InChI=1S/C9H10N2O.Na.H2O3S/c12-9-6-7-11(10-9)8-4-2-1-3-5-8;;1-4(2)3/h1-5H,6-7H2,(H,10,12);;(H2,1,2,3)/q;+1;/p-1. The van der Waals surface area contributed by atoms with E-state index in [0.29, 0.717) is 6.42 Å². The number of amides is 1. The summed E-state index contributed by atoms with van der Waals surface area (Å²) in [6, 6.07) is 9.83. The molecule has 1 amide bonds. The molecule has 1 heterocycles. The van der Waals surface area contributed by atoms with Crippen LogP contribution in [0.1, 0.15) is 6.42 Å². The number of carbonyl (C=O) groups is 1. The molecule has 6 nitrogen and oxygen atoms in total. The molecule has 0 saturated carbocycles. The second kappa shape index (κ2) is 8.62. The van der Waals surface area contributed by atoms with Gasteiger partial charge >= 0.3 is 29.6 Å². The van der Waals surface area contributed by atoms with Crippen molar-refractivity contribution in [2.45, 2.75) is 6.42 Å². The molecule has 88 valence electrons. The molecule has 0 radical (unpaired) electrons. The zero-order valence-electron chi connectivity index (χ0n) is 9.33. The summed E-state index contributed by atoms with van der Waals surface area (Å²) in [6.07, 6.45) is 0.592. The molecule has 1 aliphatic rings. The van der Waals surface area contributed by atoms with Gasteiger partial charge in [-0.15, -0.1) is 0 Å². The Bertz CT molecular complexity index is 373. The Hall–Kier alpha value is -0.440. The number of nitrogens with zero attached hydrogens (tertiary/aromatic N) is 1. The Morgan fingerprint density at radius 3 is 2.29 bits per heavy atom. The number of hydrogen-bond acceptors (Lipinski definition) is 4. The van der Waals surface area contributed by atoms with E-state index in [1.807, 2.05) is 35.3 Å². The molecule has 1 fully saturated rings. The van der Waals surface area contributed by atoms with Crippen LogP contribution in [0.4, 0.5) is 5.69 Å². The van der Waals surface area contributed by atoms with E-state index in [1.54, 1.807) is 0 Å². The second-order valence-corrected chi connectivity index (χ2v) is 3.42. The van der Waals surface area contributed by atoms with E-state index in [9.17, 15) is 4.79 Å². The third-order valence-electron chi connectivity index (χ3n) is 1.89.